The summed E-state index contributed by atoms with van der Waals surface area (Å²) in [5.41, 5.74) is 10.6. The van der Waals surface area contributed by atoms with Crippen LogP contribution < -0.4 is 16.0 Å². The molecule has 10 rings (SSSR count). The van der Waals surface area contributed by atoms with E-state index in [4.69, 9.17) is 53.3 Å². The van der Waals surface area contributed by atoms with Crippen molar-refractivity contribution in [1.29, 1.82) is 0 Å². The Hall–Kier alpha value is -5.70. The summed E-state index contributed by atoms with van der Waals surface area (Å²) in [4.78, 5) is 134. The molecular formula is C69H99I6N15O17. The molecular weight excluding hydrogens is 2070 g/mol. The number of alkyl carbamates (subject to hydrolysis) is 1. The first-order valence-electron chi connectivity index (χ1n) is 34.0. The smallest absolute Gasteiger partial charge is 0.407 e. The quantitative estimate of drug-likeness (QED) is 0.0489. The number of aromatic nitrogens is 12. The van der Waals surface area contributed by atoms with E-state index in [-0.39, 0.29) is 66.0 Å². The van der Waals surface area contributed by atoms with Gasteiger partial charge in [-0.15, -0.1) is 0 Å². The Morgan fingerprint density at radius 3 is 1.37 bits per heavy atom. The second kappa shape index (κ2) is 54.0. The molecule has 6 aromatic rings. The number of aliphatic hydroxyl groups is 1. The lowest BCUT2D eigenvalue weighted by atomic mass is 9.98. The zero-order valence-electron chi connectivity index (χ0n) is 63.8. The van der Waals surface area contributed by atoms with Crippen molar-refractivity contribution in [2.45, 2.75) is 246 Å². The number of carboxylic acid groups (broad SMARTS) is 1. The van der Waals surface area contributed by atoms with Crippen LogP contribution in [0.25, 0.3) is 0 Å². The van der Waals surface area contributed by atoms with E-state index < -0.39 is 11.6 Å². The summed E-state index contributed by atoms with van der Waals surface area (Å²) in [6, 6.07) is 0.448. The average molecular weight is 2170 g/mol. The van der Waals surface area contributed by atoms with Gasteiger partial charge in [-0.3, -0.25) is 47.7 Å². The van der Waals surface area contributed by atoms with Gasteiger partial charge >= 0.3 is 36.7 Å². The average Bonchev–Trinajstić information content (AvgIpc) is 1.66. The fraction of sp³-hybridized carbons (Fsp3) is 0.594. The fourth-order valence-corrected chi connectivity index (χ4v) is 15.9. The summed E-state index contributed by atoms with van der Waals surface area (Å²) < 4.78 is 19.7. The Bertz CT molecular complexity index is 3750. The van der Waals surface area contributed by atoms with E-state index in [1.54, 1.807) is 18.5 Å². The molecule has 2 amide bonds. The molecule has 0 aliphatic carbocycles. The van der Waals surface area contributed by atoms with Crippen LogP contribution in [0.5, 0.6) is 0 Å². The molecule has 10 heterocycles. The number of aryl methyl sites for hydroxylation is 1. The summed E-state index contributed by atoms with van der Waals surface area (Å²) in [5.74, 6) is 0.773. The molecule has 32 nitrogen and oxygen atoms in total. The molecule has 5 atom stereocenters. The number of carboxylic acids is 1. The number of H-pyrrole nitrogens is 1. The predicted molar refractivity (Wildman–Crippen MR) is 441 cm³/mol. The maximum absolute atomic E-state index is 11.8. The van der Waals surface area contributed by atoms with Gasteiger partial charge in [0.15, 0.2) is 17.3 Å². The molecule has 0 saturated carbocycles. The van der Waals surface area contributed by atoms with Crippen molar-refractivity contribution in [3.05, 3.63) is 89.7 Å². The molecule has 4 aliphatic heterocycles. The minimum Gasteiger partial charge on any atom is -0.478 e. The lowest BCUT2D eigenvalue weighted by Crippen LogP contribution is -2.43. The Labute approximate surface area is 705 Å². The molecule has 5 unspecified atom stereocenters. The number of fused-ring (bicyclic) bond motifs is 4. The summed E-state index contributed by atoms with van der Waals surface area (Å²) in [6.07, 6.45) is 8.73. The number of aliphatic hydroxyl groups excluding tert-OH is 1. The highest BCUT2D eigenvalue weighted by molar-refractivity contribution is 14.1. The van der Waals surface area contributed by atoms with E-state index in [0.717, 1.165) is 114 Å². The Morgan fingerprint density at radius 2 is 0.981 bits per heavy atom. The van der Waals surface area contributed by atoms with Gasteiger partial charge < -0.3 is 30.9 Å². The zero-order valence-corrected chi connectivity index (χ0v) is 76.7. The molecule has 4 aliphatic rings. The van der Waals surface area contributed by atoms with Gasteiger partial charge in [-0.2, -0.15) is 68.9 Å². The Kier molecular flexibility index (Phi) is 52.2. The van der Waals surface area contributed by atoms with Gasteiger partial charge in [-0.1, -0.05) is 69.2 Å². The number of nitrogens with one attached hydrogen (secondary N) is 4. The topological polar surface area (TPSA) is 443 Å². The summed E-state index contributed by atoms with van der Waals surface area (Å²) in [5, 5.41) is 55.1. The van der Waals surface area contributed by atoms with Crippen molar-refractivity contribution in [1.82, 2.24) is 75.1 Å². The van der Waals surface area contributed by atoms with Crippen molar-refractivity contribution >= 4 is 195 Å². The molecule has 0 radical (unpaired) electrons. The summed E-state index contributed by atoms with van der Waals surface area (Å²) in [7, 11) is 0. The largest absolute Gasteiger partial charge is 0.478 e. The van der Waals surface area contributed by atoms with Crippen molar-refractivity contribution < 1.29 is 82.1 Å². The zero-order chi connectivity index (χ0) is 82.9. The third-order valence-electron chi connectivity index (χ3n) is 15.0. The number of rotatable bonds is 12. The van der Waals surface area contributed by atoms with E-state index >= 15 is 0 Å². The SMILES string of the molecule is CC.CC(=O)c1c(I)nn2c1C(=O)NC(C)C2.CC(=O)c1c(I)nn2c1CCC(C)C2.CC(=O)c1c(I)nn2c1CNC(C)C2.CC(C)CO.CC1CCc2c(C(=O)O)c(I)nn2C1.CCc1[nH]nc(I)c1CC.CCc1c(I)nn(CC(C)NC(=O)OC(C)(C)C)c1CC.O=C=O.O=C=O.O=C=O.O=C=O. The number of amides is 2. The van der Waals surface area contributed by atoms with E-state index in [9.17, 15) is 28.8 Å². The normalized spacial score (nSPS) is 15.2. The third kappa shape index (κ3) is 35.5. The first-order valence-corrected chi connectivity index (χ1v) is 40.5. The molecule has 594 valence electrons. The van der Waals surface area contributed by atoms with Gasteiger partial charge in [-0.25, -0.2) is 9.59 Å². The number of ketones is 3. The lowest BCUT2D eigenvalue weighted by Gasteiger charge is -2.22. The molecule has 0 bridgehead atoms. The number of Topliss-reactive ketones (excluding diaryl/α,β-unsaturated/α-hetero) is 3. The van der Waals surface area contributed by atoms with Gasteiger partial charge in [0.2, 0.25) is 0 Å². The molecule has 6 aromatic heterocycles. The Morgan fingerprint density at radius 1 is 0.579 bits per heavy atom. The van der Waals surface area contributed by atoms with Crippen LogP contribution in [0.15, 0.2) is 0 Å². The minimum absolute atomic E-state index is 0.0365. The molecule has 0 aromatic carbocycles. The monoisotopic (exact) mass is 2170 g/mol. The van der Waals surface area contributed by atoms with Crippen LogP contribution in [0.3, 0.4) is 0 Å². The number of carbonyl (C=O) groups excluding carboxylic acids is 13. The van der Waals surface area contributed by atoms with E-state index in [1.807, 2.05) is 126 Å². The maximum Gasteiger partial charge on any atom is 0.407 e. The van der Waals surface area contributed by atoms with Crippen LogP contribution in [0, 0.1) is 40.0 Å². The minimum atomic E-state index is -0.856. The molecule has 0 fully saturated rings. The number of nitrogens with zero attached hydrogens (tertiary/aromatic N) is 11. The second-order valence-corrected chi connectivity index (χ2v) is 31.4. The molecule has 0 spiro atoms. The van der Waals surface area contributed by atoms with Crippen LogP contribution in [0.1, 0.15) is 236 Å². The third-order valence-corrected chi connectivity index (χ3v) is 19.8. The van der Waals surface area contributed by atoms with E-state index in [0.29, 0.717) is 67.7 Å². The number of aromatic carboxylic acids is 1. The molecule has 0 saturated heterocycles. The van der Waals surface area contributed by atoms with Crippen molar-refractivity contribution in [3.63, 3.8) is 0 Å². The standard InChI is InChI=1S/C15H26IN3O2.C10H13IN2O.C9H10IN3O2.C9H12IN3O.C9H11IN2O2.C7H11IN2.C4H10O.C2H6.4CO2/c1-7-11-12(8-2)19(18-13(11)16)9-10(3)17-14(20)21-15(4,5)6;1-6-3-4-8-9(7(2)14)10(11)12-13(8)5-6;1-4-3-13-7(9(15)11-4)6(5(2)14)8(10)12-13;1-5-4-13-7(3-11-5)8(6(2)14)9(10)12-13;1-5-2-3-6-7(9(13)14)8(10)11-12(6)4-5;1-3-5-6(4-2)9-10-7(5)8;1-4(2)3-5;1-2;4*2-1-3/h10H,7-9H2,1-6H3,(H,17,20);6H,3-5H2,1-2H3;4H,3H2,1-2H3,(H,11,15);5,11H,3-4H2,1-2H3;5H,2-4H2,1H3,(H,13,14);3-4H2,1-2H3,(H,9,10);4-5H,3H2,1-2H3;1-2H3;;;;. The molecule has 38 heteroatoms. The highest BCUT2D eigenvalue weighted by atomic mass is 127. The second-order valence-electron chi connectivity index (χ2n) is 25.2. The number of carbonyl (C=O) groups is 6. The highest BCUT2D eigenvalue weighted by Crippen LogP contribution is 2.28. The van der Waals surface area contributed by atoms with Gasteiger partial charge in [0.1, 0.15) is 39.1 Å². The van der Waals surface area contributed by atoms with Crippen molar-refractivity contribution in [3.8, 4) is 0 Å². The number of ether oxygens (including phenoxy) is 1. The van der Waals surface area contributed by atoms with E-state index in [2.05, 4.69) is 190 Å². The number of aromatic amines is 1. The van der Waals surface area contributed by atoms with E-state index in [1.165, 1.54) is 35.9 Å². The Balaban J connectivity index is 0. The van der Waals surface area contributed by atoms with Crippen LogP contribution in [-0.4, -0.2) is 160 Å². The first-order chi connectivity index (χ1) is 50.2. The van der Waals surface area contributed by atoms with Crippen LogP contribution in [0.4, 0.5) is 4.79 Å². The van der Waals surface area contributed by atoms with Gasteiger partial charge in [-0.05, 0) is 267 Å². The van der Waals surface area contributed by atoms with Crippen molar-refractivity contribution in [2.24, 2.45) is 17.8 Å². The fourth-order valence-electron chi connectivity index (χ4n) is 10.5. The number of hydrogen-bond donors (Lipinski definition) is 6. The number of halogens is 6. The van der Waals surface area contributed by atoms with Crippen LogP contribution >= 0.6 is 136 Å². The van der Waals surface area contributed by atoms with Crippen LogP contribution in [-0.2, 0) is 121 Å². The van der Waals surface area contributed by atoms with Gasteiger partial charge in [0.25, 0.3) is 5.91 Å². The maximum atomic E-state index is 11.8. The summed E-state index contributed by atoms with van der Waals surface area (Å²) >= 11 is 12.8. The molecule has 107 heavy (non-hydrogen) atoms. The van der Waals surface area contributed by atoms with Gasteiger partial charge in [0, 0.05) is 66.9 Å². The lowest BCUT2D eigenvalue weighted by molar-refractivity contribution is -0.193. The molecule has 6 N–H and O–H groups in total. The summed E-state index contributed by atoms with van der Waals surface area (Å²) in [6.45, 7) is 42.1. The number of hydrogen-bond acceptors (Lipinski definition) is 23. The van der Waals surface area contributed by atoms with Crippen molar-refractivity contribution in [2.75, 3.05) is 6.61 Å². The predicted octanol–water partition coefficient (Wildman–Crippen LogP) is 11.0. The van der Waals surface area contributed by atoms with Crippen LogP contribution in [0.2, 0.25) is 0 Å². The van der Waals surface area contributed by atoms with Gasteiger partial charge in [0.05, 0.1) is 53.4 Å². The highest BCUT2D eigenvalue weighted by Gasteiger charge is 2.31. The first kappa shape index (κ1) is 103.